The summed E-state index contributed by atoms with van der Waals surface area (Å²) >= 11 is 0. The molecular formula is C20H28N2O4. The fourth-order valence-electron chi connectivity index (χ4n) is 3.53. The summed E-state index contributed by atoms with van der Waals surface area (Å²) in [7, 11) is 0. The summed E-state index contributed by atoms with van der Waals surface area (Å²) in [6, 6.07) is 6.68. The van der Waals surface area contributed by atoms with Gasteiger partial charge in [-0.2, -0.15) is 0 Å². The van der Waals surface area contributed by atoms with Crippen LogP contribution in [0.15, 0.2) is 24.3 Å². The summed E-state index contributed by atoms with van der Waals surface area (Å²) in [4.78, 5) is 24.7. The van der Waals surface area contributed by atoms with E-state index in [1.807, 2.05) is 13.8 Å². The van der Waals surface area contributed by atoms with Gasteiger partial charge in [-0.15, -0.1) is 0 Å². The Hall–Kier alpha value is -1.92. The molecule has 2 aliphatic heterocycles. The van der Waals surface area contributed by atoms with Crippen LogP contribution in [0.2, 0.25) is 0 Å². The van der Waals surface area contributed by atoms with Gasteiger partial charge in [0.25, 0.3) is 11.8 Å². The number of benzene rings is 1. The van der Waals surface area contributed by atoms with Crippen molar-refractivity contribution in [1.82, 2.24) is 10.6 Å². The first-order valence-electron chi connectivity index (χ1n) is 9.49. The van der Waals surface area contributed by atoms with Crippen LogP contribution in [0.4, 0.5) is 0 Å². The summed E-state index contributed by atoms with van der Waals surface area (Å²) < 4.78 is 11.2. The predicted octanol–water partition coefficient (Wildman–Crippen LogP) is 2.28. The third-order valence-corrected chi connectivity index (χ3v) is 5.17. The summed E-state index contributed by atoms with van der Waals surface area (Å²) in [6.07, 6.45) is 4.21. The minimum Gasteiger partial charge on any atom is -0.376 e. The summed E-state index contributed by atoms with van der Waals surface area (Å²) in [5.74, 6) is -0.291. The van der Waals surface area contributed by atoms with Gasteiger partial charge in [0.15, 0.2) is 0 Å². The van der Waals surface area contributed by atoms with E-state index in [1.54, 1.807) is 24.3 Å². The minimum absolute atomic E-state index is 0.0276. The second kappa shape index (κ2) is 8.64. The molecular weight excluding hydrogens is 332 g/mol. The third-order valence-electron chi connectivity index (χ3n) is 5.17. The van der Waals surface area contributed by atoms with E-state index >= 15 is 0 Å². The lowest BCUT2D eigenvalue weighted by molar-refractivity contribution is 0.0708. The van der Waals surface area contributed by atoms with Gasteiger partial charge in [0, 0.05) is 24.3 Å². The quantitative estimate of drug-likeness (QED) is 0.816. The second-order valence-electron chi connectivity index (χ2n) is 7.20. The molecule has 0 aromatic heterocycles. The van der Waals surface area contributed by atoms with Gasteiger partial charge in [-0.05, 0) is 63.8 Å². The van der Waals surface area contributed by atoms with E-state index in [1.165, 1.54) is 0 Å². The molecule has 2 aliphatic rings. The van der Waals surface area contributed by atoms with E-state index in [-0.39, 0.29) is 36.1 Å². The van der Waals surface area contributed by atoms with Crippen LogP contribution in [0.5, 0.6) is 0 Å². The first kappa shape index (κ1) is 18.9. The molecule has 0 bridgehead atoms. The smallest absolute Gasteiger partial charge is 0.251 e. The zero-order valence-corrected chi connectivity index (χ0v) is 15.5. The number of amides is 2. The van der Waals surface area contributed by atoms with Gasteiger partial charge in [-0.1, -0.05) is 0 Å². The first-order valence-corrected chi connectivity index (χ1v) is 9.49. The van der Waals surface area contributed by atoms with Crippen LogP contribution < -0.4 is 10.6 Å². The Morgan fingerprint density at radius 1 is 0.846 bits per heavy atom. The fraction of sp³-hybridized carbons (Fsp3) is 0.600. The fourth-order valence-corrected chi connectivity index (χ4v) is 3.53. The maximum atomic E-state index is 12.4. The predicted molar refractivity (Wildman–Crippen MR) is 98.2 cm³/mol. The van der Waals surface area contributed by atoms with Crippen LogP contribution in [0.1, 0.15) is 60.2 Å². The van der Waals surface area contributed by atoms with E-state index in [0.29, 0.717) is 11.1 Å². The number of carbonyl (C=O) groups is 2. The summed E-state index contributed by atoms with van der Waals surface area (Å²) in [5, 5.41) is 5.95. The molecule has 0 unspecified atom stereocenters. The Labute approximate surface area is 154 Å². The highest BCUT2D eigenvalue weighted by molar-refractivity contribution is 5.98. The van der Waals surface area contributed by atoms with E-state index in [4.69, 9.17) is 9.47 Å². The Kier molecular flexibility index (Phi) is 6.27. The molecule has 6 nitrogen and oxygen atoms in total. The van der Waals surface area contributed by atoms with Gasteiger partial charge in [-0.3, -0.25) is 9.59 Å². The number of carbonyl (C=O) groups excluding carboxylic acids is 2. The first-order chi connectivity index (χ1) is 12.5. The van der Waals surface area contributed by atoms with Gasteiger partial charge < -0.3 is 20.1 Å². The van der Waals surface area contributed by atoms with Crippen molar-refractivity contribution in [3.8, 4) is 0 Å². The van der Waals surface area contributed by atoms with E-state index in [0.717, 1.165) is 38.9 Å². The molecule has 0 aliphatic carbocycles. The van der Waals surface area contributed by atoms with E-state index < -0.39 is 0 Å². The summed E-state index contributed by atoms with van der Waals surface area (Å²) in [5.41, 5.74) is 1.08. The molecule has 0 radical (unpaired) electrons. The van der Waals surface area contributed by atoms with Crippen molar-refractivity contribution in [2.75, 3.05) is 13.2 Å². The number of hydrogen-bond acceptors (Lipinski definition) is 4. The van der Waals surface area contributed by atoms with Crippen LogP contribution >= 0.6 is 0 Å². The van der Waals surface area contributed by atoms with Gasteiger partial charge >= 0.3 is 0 Å². The number of ether oxygens (including phenoxy) is 2. The Morgan fingerprint density at radius 3 is 1.54 bits per heavy atom. The molecule has 2 fully saturated rings. The van der Waals surface area contributed by atoms with E-state index in [9.17, 15) is 9.59 Å². The van der Waals surface area contributed by atoms with Crippen LogP contribution in [-0.2, 0) is 9.47 Å². The van der Waals surface area contributed by atoms with Crippen molar-refractivity contribution in [2.45, 2.75) is 63.8 Å². The van der Waals surface area contributed by atoms with Gasteiger partial charge in [0.1, 0.15) is 0 Å². The Bertz CT molecular complexity index is 564. The van der Waals surface area contributed by atoms with Gasteiger partial charge in [0.05, 0.1) is 24.3 Å². The molecule has 2 saturated heterocycles. The zero-order valence-electron chi connectivity index (χ0n) is 15.5. The molecule has 1 aromatic rings. The highest BCUT2D eigenvalue weighted by Gasteiger charge is 2.25. The van der Waals surface area contributed by atoms with Crippen molar-refractivity contribution in [1.29, 1.82) is 0 Å². The number of hydrogen-bond donors (Lipinski definition) is 2. The maximum absolute atomic E-state index is 12.4. The number of rotatable bonds is 6. The van der Waals surface area contributed by atoms with Crippen molar-refractivity contribution in [3.05, 3.63) is 35.4 Å². The molecule has 2 N–H and O–H groups in total. The molecule has 2 heterocycles. The molecule has 2 amide bonds. The average Bonchev–Trinajstić information content (AvgIpc) is 3.35. The Morgan fingerprint density at radius 2 is 1.23 bits per heavy atom. The van der Waals surface area contributed by atoms with Crippen molar-refractivity contribution in [2.24, 2.45) is 0 Å². The van der Waals surface area contributed by atoms with Crippen molar-refractivity contribution >= 4 is 11.8 Å². The third kappa shape index (κ3) is 4.62. The maximum Gasteiger partial charge on any atom is 0.251 e. The van der Waals surface area contributed by atoms with Gasteiger partial charge in [0.2, 0.25) is 0 Å². The summed E-state index contributed by atoms with van der Waals surface area (Å²) in [6.45, 7) is 5.45. The van der Waals surface area contributed by atoms with E-state index in [2.05, 4.69) is 10.6 Å². The van der Waals surface area contributed by atoms with Crippen molar-refractivity contribution < 1.29 is 19.1 Å². The average molecular weight is 360 g/mol. The zero-order chi connectivity index (χ0) is 18.5. The second-order valence-corrected chi connectivity index (χ2v) is 7.20. The molecule has 142 valence electrons. The lowest BCUT2D eigenvalue weighted by Crippen LogP contribution is -2.41. The monoisotopic (exact) mass is 360 g/mol. The molecule has 6 heteroatoms. The largest absolute Gasteiger partial charge is 0.376 e. The highest BCUT2D eigenvalue weighted by atomic mass is 16.5. The molecule has 0 saturated carbocycles. The molecule has 4 atom stereocenters. The molecule has 26 heavy (non-hydrogen) atoms. The van der Waals surface area contributed by atoms with Crippen LogP contribution in [0.25, 0.3) is 0 Å². The normalized spacial score (nSPS) is 24.8. The SMILES string of the molecule is C[C@H](NC(=O)c1ccc(C(=O)N[C@H](C)[C@H]2CCCO2)cc1)[C@@H]1CCCO1. The Balaban J connectivity index is 1.53. The molecule has 3 rings (SSSR count). The molecule has 1 aromatic carbocycles. The highest BCUT2D eigenvalue weighted by Crippen LogP contribution is 2.17. The lowest BCUT2D eigenvalue weighted by atomic mass is 10.1. The van der Waals surface area contributed by atoms with Crippen molar-refractivity contribution in [3.63, 3.8) is 0 Å². The van der Waals surface area contributed by atoms with Crippen LogP contribution in [0.3, 0.4) is 0 Å². The van der Waals surface area contributed by atoms with Crippen LogP contribution in [0, 0.1) is 0 Å². The van der Waals surface area contributed by atoms with Gasteiger partial charge in [-0.25, -0.2) is 0 Å². The lowest BCUT2D eigenvalue weighted by Gasteiger charge is -2.20. The van der Waals surface area contributed by atoms with Crippen LogP contribution in [-0.4, -0.2) is 49.3 Å². The number of nitrogens with one attached hydrogen (secondary N) is 2. The standard InChI is InChI=1S/C20H28N2O4/c1-13(17-5-3-11-25-17)21-19(23)15-7-9-16(10-8-15)20(24)22-14(2)18-6-4-12-26-18/h7-10,13-14,17-18H,3-6,11-12H2,1-2H3,(H,21,23)(H,22,24)/t13-,14+,17-,18+. The minimum atomic E-state index is -0.146. The molecule has 0 spiro atoms. The topological polar surface area (TPSA) is 76.7 Å².